The zero-order valence-electron chi connectivity index (χ0n) is 23.4. The maximum absolute atomic E-state index is 6.62. The Labute approximate surface area is 214 Å². The minimum absolute atomic E-state index is 0.0908. The molecule has 0 bridgehead atoms. The van der Waals surface area contributed by atoms with Gasteiger partial charge in [0, 0.05) is 12.5 Å². The standard InChI is InChI=1S/C29H46O5Si/c1-12-13-26-27(33-29(7,8)32-26)25(31-20-23-15-17-24(30-9)18-16-23)19-14-21(2)22(3)34-35(10,11)28(4,5)6/h1,14-19,21-22,25-27H,13,20H2,2-11H3/b19-14-/t21-,22+,25-,26+,27-/m1/s1. The van der Waals surface area contributed by atoms with Gasteiger partial charge in [-0.15, -0.1) is 12.3 Å². The van der Waals surface area contributed by atoms with Crippen molar-refractivity contribution in [2.24, 2.45) is 5.92 Å². The van der Waals surface area contributed by atoms with Crippen LogP contribution in [-0.2, 0) is 25.2 Å². The zero-order valence-corrected chi connectivity index (χ0v) is 24.4. The van der Waals surface area contributed by atoms with Crippen LogP contribution in [0.4, 0.5) is 0 Å². The molecule has 1 aliphatic rings. The first-order valence-corrected chi connectivity index (χ1v) is 15.5. The summed E-state index contributed by atoms with van der Waals surface area (Å²) in [6.07, 6.45) is 9.60. The summed E-state index contributed by atoms with van der Waals surface area (Å²) in [6, 6.07) is 7.88. The zero-order chi connectivity index (χ0) is 26.4. The molecule has 1 aromatic carbocycles. The number of terminal acetylenes is 1. The van der Waals surface area contributed by atoms with Crippen LogP contribution >= 0.6 is 0 Å². The molecule has 1 heterocycles. The summed E-state index contributed by atoms with van der Waals surface area (Å²) in [5.41, 5.74) is 1.05. The fraction of sp³-hybridized carbons (Fsp3) is 0.655. The predicted octanol–water partition coefficient (Wildman–Crippen LogP) is 6.73. The molecule has 0 radical (unpaired) electrons. The average molecular weight is 503 g/mol. The van der Waals surface area contributed by atoms with Gasteiger partial charge in [0.25, 0.3) is 0 Å². The molecule has 2 rings (SSSR count). The highest BCUT2D eigenvalue weighted by Gasteiger charge is 2.45. The molecule has 0 spiro atoms. The Hall–Kier alpha value is -1.62. The van der Waals surface area contributed by atoms with E-state index < -0.39 is 14.1 Å². The molecule has 0 aromatic heterocycles. The molecule has 1 aromatic rings. The topological polar surface area (TPSA) is 46.2 Å². The van der Waals surface area contributed by atoms with Crippen LogP contribution in [0.15, 0.2) is 36.4 Å². The van der Waals surface area contributed by atoms with Crippen LogP contribution < -0.4 is 4.74 Å². The van der Waals surface area contributed by atoms with Gasteiger partial charge < -0.3 is 23.4 Å². The van der Waals surface area contributed by atoms with Gasteiger partial charge in [-0.05, 0) is 62.5 Å². The van der Waals surface area contributed by atoms with Gasteiger partial charge in [-0.1, -0.05) is 52.0 Å². The third-order valence-electron chi connectivity index (χ3n) is 7.10. The molecular formula is C29H46O5Si. The summed E-state index contributed by atoms with van der Waals surface area (Å²) < 4.78 is 30.7. The summed E-state index contributed by atoms with van der Waals surface area (Å²) in [6.45, 7) is 20.0. The van der Waals surface area contributed by atoms with E-state index in [4.69, 9.17) is 29.8 Å². The van der Waals surface area contributed by atoms with Gasteiger partial charge in [0.1, 0.15) is 24.1 Å². The Morgan fingerprint density at radius 1 is 1.11 bits per heavy atom. The van der Waals surface area contributed by atoms with Crippen molar-refractivity contribution in [2.45, 2.75) is 110 Å². The summed E-state index contributed by atoms with van der Waals surface area (Å²) in [5.74, 6) is 3.04. The van der Waals surface area contributed by atoms with Gasteiger partial charge in [-0.3, -0.25) is 0 Å². The molecule has 1 fully saturated rings. The number of hydrogen-bond donors (Lipinski definition) is 0. The minimum Gasteiger partial charge on any atom is -0.497 e. The highest BCUT2D eigenvalue weighted by atomic mass is 28.4. The van der Waals surface area contributed by atoms with Crippen LogP contribution in [0, 0.1) is 18.3 Å². The van der Waals surface area contributed by atoms with Crippen molar-refractivity contribution < 1.29 is 23.4 Å². The summed E-state index contributed by atoms with van der Waals surface area (Å²) in [5, 5.41) is 0.164. The third kappa shape index (κ3) is 8.47. The fourth-order valence-electron chi connectivity index (χ4n) is 3.78. The Bertz CT molecular complexity index is 863. The first-order chi connectivity index (χ1) is 16.2. The van der Waals surface area contributed by atoms with E-state index in [0.717, 1.165) is 11.3 Å². The van der Waals surface area contributed by atoms with Crippen LogP contribution in [0.2, 0.25) is 18.1 Å². The fourth-order valence-corrected chi connectivity index (χ4v) is 5.28. The Morgan fingerprint density at radius 3 is 2.29 bits per heavy atom. The minimum atomic E-state index is -1.86. The first kappa shape index (κ1) is 29.6. The molecule has 6 heteroatoms. The normalized spacial score (nSPS) is 23.1. The monoisotopic (exact) mass is 502 g/mol. The van der Waals surface area contributed by atoms with E-state index in [1.165, 1.54) is 0 Å². The largest absolute Gasteiger partial charge is 0.497 e. The lowest BCUT2D eigenvalue weighted by Gasteiger charge is -2.39. The van der Waals surface area contributed by atoms with E-state index in [2.05, 4.69) is 65.8 Å². The lowest BCUT2D eigenvalue weighted by molar-refractivity contribution is -0.156. The molecule has 0 N–H and O–H groups in total. The van der Waals surface area contributed by atoms with Gasteiger partial charge in [0.15, 0.2) is 14.1 Å². The molecule has 1 saturated heterocycles. The van der Waals surface area contributed by atoms with Crippen molar-refractivity contribution in [3.05, 3.63) is 42.0 Å². The van der Waals surface area contributed by atoms with E-state index in [1.54, 1.807) is 7.11 Å². The predicted molar refractivity (Wildman–Crippen MR) is 145 cm³/mol. The number of benzene rings is 1. The lowest BCUT2D eigenvalue weighted by atomic mass is 10.0. The van der Waals surface area contributed by atoms with Crippen LogP contribution in [0.3, 0.4) is 0 Å². The molecule has 0 amide bonds. The van der Waals surface area contributed by atoms with E-state index in [1.807, 2.05) is 38.1 Å². The third-order valence-corrected chi connectivity index (χ3v) is 11.7. The van der Waals surface area contributed by atoms with E-state index >= 15 is 0 Å². The van der Waals surface area contributed by atoms with E-state index in [9.17, 15) is 0 Å². The van der Waals surface area contributed by atoms with Gasteiger partial charge in [0.05, 0.1) is 13.7 Å². The lowest BCUT2D eigenvalue weighted by Crippen LogP contribution is -2.44. The Balaban J connectivity index is 2.20. The molecule has 5 nitrogen and oxygen atoms in total. The number of methoxy groups -OCH3 is 1. The van der Waals surface area contributed by atoms with Crippen molar-refractivity contribution in [3.8, 4) is 18.1 Å². The second-order valence-electron chi connectivity index (χ2n) is 11.5. The van der Waals surface area contributed by atoms with Gasteiger partial charge >= 0.3 is 0 Å². The molecule has 0 saturated carbocycles. The number of hydrogen-bond acceptors (Lipinski definition) is 5. The number of rotatable bonds is 11. The average Bonchev–Trinajstić information content (AvgIpc) is 3.07. The van der Waals surface area contributed by atoms with E-state index in [0.29, 0.717) is 13.0 Å². The van der Waals surface area contributed by atoms with Gasteiger partial charge in [-0.25, -0.2) is 0 Å². The quantitative estimate of drug-likeness (QED) is 0.191. The van der Waals surface area contributed by atoms with Crippen LogP contribution in [0.1, 0.15) is 60.5 Å². The van der Waals surface area contributed by atoms with Crippen LogP contribution in [0.5, 0.6) is 5.75 Å². The molecule has 196 valence electrons. The molecule has 35 heavy (non-hydrogen) atoms. The SMILES string of the molecule is C#CC[C@@H]1OC(C)(C)O[C@@H]1[C@@H](/C=C\[C@@H](C)[C@H](C)O[Si](C)(C)C(C)(C)C)OCc1ccc(OC)cc1. The van der Waals surface area contributed by atoms with Crippen molar-refractivity contribution in [1.29, 1.82) is 0 Å². The van der Waals surface area contributed by atoms with Crippen molar-refractivity contribution in [2.75, 3.05) is 7.11 Å². The van der Waals surface area contributed by atoms with E-state index in [-0.39, 0.29) is 35.4 Å². The first-order valence-electron chi connectivity index (χ1n) is 12.6. The van der Waals surface area contributed by atoms with Crippen molar-refractivity contribution in [1.82, 2.24) is 0 Å². The van der Waals surface area contributed by atoms with Crippen molar-refractivity contribution >= 4 is 8.32 Å². The molecule has 0 aliphatic carbocycles. The summed E-state index contributed by atoms with van der Waals surface area (Å²) in [7, 11) is -0.202. The van der Waals surface area contributed by atoms with Gasteiger partial charge in [-0.2, -0.15) is 0 Å². The summed E-state index contributed by atoms with van der Waals surface area (Å²) in [4.78, 5) is 0. The van der Waals surface area contributed by atoms with Gasteiger partial charge in [0.2, 0.25) is 0 Å². The molecule has 5 atom stereocenters. The van der Waals surface area contributed by atoms with Crippen molar-refractivity contribution in [3.63, 3.8) is 0 Å². The van der Waals surface area contributed by atoms with Crippen LogP contribution in [0.25, 0.3) is 0 Å². The highest BCUT2D eigenvalue weighted by Crippen LogP contribution is 2.38. The molecule has 0 unspecified atom stereocenters. The second-order valence-corrected chi connectivity index (χ2v) is 16.3. The Kier molecular flexibility index (Phi) is 10.2. The maximum Gasteiger partial charge on any atom is 0.192 e. The maximum atomic E-state index is 6.62. The molecular weight excluding hydrogens is 456 g/mol. The number of ether oxygens (including phenoxy) is 4. The summed E-state index contributed by atoms with van der Waals surface area (Å²) >= 11 is 0. The Morgan fingerprint density at radius 2 is 1.74 bits per heavy atom. The second kappa shape index (κ2) is 12.1. The smallest absolute Gasteiger partial charge is 0.192 e. The van der Waals surface area contributed by atoms with Crippen LogP contribution in [-0.4, -0.2) is 45.6 Å². The highest BCUT2D eigenvalue weighted by molar-refractivity contribution is 6.74. The molecule has 1 aliphatic heterocycles.